The molecule has 2 nitrogen and oxygen atoms in total. The molecule has 1 N–H and O–H groups in total. The van der Waals surface area contributed by atoms with E-state index in [1.54, 1.807) is 6.20 Å². The third-order valence-corrected chi connectivity index (χ3v) is 2.68. The molecule has 0 saturated heterocycles. The molecule has 15 heavy (non-hydrogen) atoms. The summed E-state index contributed by atoms with van der Waals surface area (Å²) >= 11 is 0. The molecule has 0 bridgehead atoms. The maximum Gasteiger partial charge on any atom is 0.101 e. The lowest BCUT2D eigenvalue weighted by Crippen LogP contribution is -1.83. The molecule has 0 unspecified atom stereocenters. The molecule has 2 heteroatoms. The highest BCUT2D eigenvalue weighted by molar-refractivity contribution is 5.70. The summed E-state index contributed by atoms with van der Waals surface area (Å²) in [4.78, 5) is 2.96. The van der Waals surface area contributed by atoms with Gasteiger partial charge < -0.3 is 4.98 Å². The number of aromatic amines is 1. The zero-order chi connectivity index (χ0) is 10.8. The van der Waals surface area contributed by atoms with E-state index in [4.69, 9.17) is 5.26 Å². The summed E-state index contributed by atoms with van der Waals surface area (Å²) in [6.45, 7) is 4.17. The van der Waals surface area contributed by atoms with Crippen molar-refractivity contribution >= 4 is 0 Å². The van der Waals surface area contributed by atoms with Crippen LogP contribution in [-0.4, -0.2) is 4.98 Å². The van der Waals surface area contributed by atoms with E-state index in [1.807, 2.05) is 12.3 Å². The number of benzene rings is 1. The molecule has 0 atom stereocenters. The van der Waals surface area contributed by atoms with Crippen molar-refractivity contribution in [1.29, 1.82) is 5.26 Å². The number of hydrogen-bond donors (Lipinski definition) is 1. The minimum atomic E-state index is 0.693. The van der Waals surface area contributed by atoms with Crippen LogP contribution in [0.5, 0.6) is 0 Å². The van der Waals surface area contributed by atoms with E-state index < -0.39 is 0 Å². The predicted octanol–water partition coefficient (Wildman–Crippen LogP) is 3.17. The van der Waals surface area contributed by atoms with E-state index in [2.05, 4.69) is 37.0 Å². The van der Waals surface area contributed by atoms with Crippen molar-refractivity contribution in [2.24, 2.45) is 0 Å². The van der Waals surface area contributed by atoms with E-state index in [9.17, 15) is 0 Å². The molecule has 0 spiro atoms. The van der Waals surface area contributed by atoms with E-state index in [0.29, 0.717) is 5.56 Å². The van der Waals surface area contributed by atoms with Gasteiger partial charge in [-0.05, 0) is 30.5 Å². The molecule has 2 aromatic rings. The van der Waals surface area contributed by atoms with Crippen LogP contribution in [0.1, 0.15) is 16.7 Å². The first kappa shape index (κ1) is 9.54. The Kier molecular flexibility index (Phi) is 2.31. The van der Waals surface area contributed by atoms with Gasteiger partial charge in [0.2, 0.25) is 0 Å². The maximum atomic E-state index is 8.92. The van der Waals surface area contributed by atoms with Gasteiger partial charge in [0, 0.05) is 18.0 Å². The zero-order valence-electron chi connectivity index (χ0n) is 8.83. The number of aromatic nitrogens is 1. The van der Waals surface area contributed by atoms with Crippen LogP contribution in [-0.2, 0) is 0 Å². The second-order valence-electron chi connectivity index (χ2n) is 3.69. The molecule has 1 heterocycles. The molecule has 0 amide bonds. The first-order valence-corrected chi connectivity index (χ1v) is 4.87. The number of H-pyrrole nitrogens is 1. The Balaban J connectivity index is 2.56. The first-order valence-electron chi connectivity index (χ1n) is 4.87. The summed E-state index contributed by atoms with van der Waals surface area (Å²) in [6, 6.07) is 8.42. The van der Waals surface area contributed by atoms with Crippen molar-refractivity contribution in [3.05, 3.63) is 47.3 Å². The Hall–Kier alpha value is -2.01. The topological polar surface area (TPSA) is 39.6 Å². The third kappa shape index (κ3) is 1.64. The smallest absolute Gasteiger partial charge is 0.101 e. The minimum absolute atomic E-state index is 0.693. The lowest BCUT2D eigenvalue weighted by atomic mass is 10.0. The van der Waals surface area contributed by atoms with Crippen LogP contribution in [0.4, 0.5) is 0 Å². The fourth-order valence-corrected chi connectivity index (χ4v) is 1.60. The summed E-state index contributed by atoms with van der Waals surface area (Å²) in [6.07, 6.45) is 3.59. The summed E-state index contributed by atoms with van der Waals surface area (Å²) in [5.74, 6) is 0. The minimum Gasteiger partial charge on any atom is -0.366 e. The van der Waals surface area contributed by atoms with Crippen molar-refractivity contribution in [3.8, 4) is 17.2 Å². The third-order valence-electron chi connectivity index (χ3n) is 2.68. The van der Waals surface area contributed by atoms with Gasteiger partial charge in [0.1, 0.15) is 6.07 Å². The number of nitrogens with zero attached hydrogens (tertiary/aromatic N) is 1. The number of rotatable bonds is 1. The van der Waals surface area contributed by atoms with Crippen LogP contribution in [0.15, 0.2) is 30.6 Å². The molecular formula is C13H12N2. The fraction of sp³-hybridized carbons (Fsp3) is 0.154. The summed E-state index contributed by atoms with van der Waals surface area (Å²) in [7, 11) is 0. The summed E-state index contributed by atoms with van der Waals surface area (Å²) in [5, 5.41) is 8.92. The maximum absolute atomic E-state index is 8.92. The Bertz CT molecular complexity index is 530. The highest BCUT2D eigenvalue weighted by atomic mass is 14.6. The zero-order valence-corrected chi connectivity index (χ0v) is 8.83. The van der Waals surface area contributed by atoms with E-state index in [-0.39, 0.29) is 0 Å². The van der Waals surface area contributed by atoms with Gasteiger partial charge in [0.25, 0.3) is 0 Å². The van der Waals surface area contributed by atoms with Gasteiger partial charge in [-0.3, -0.25) is 0 Å². The Morgan fingerprint density at radius 2 is 1.93 bits per heavy atom. The van der Waals surface area contributed by atoms with Crippen LogP contribution >= 0.6 is 0 Å². The Morgan fingerprint density at radius 1 is 1.13 bits per heavy atom. The molecular weight excluding hydrogens is 184 g/mol. The highest BCUT2D eigenvalue weighted by Crippen LogP contribution is 2.24. The van der Waals surface area contributed by atoms with Gasteiger partial charge in [-0.15, -0.1) is 0 Å². The van der Waals surface area contributed by atoms with Gasteiger partial charge in [0.15, 0.2) is 0 Å². The van der Waals surface area contributed by atoms with Crippen LogP contribution in [0, 0.1) is 25.2 Å². The second-order valence-corrected chi connectivity index (χ2v) is 3.69. The lowest BCUT2D eigenvalue weighted by molar-refractivity contribution is 1.34. The molecule has 0 saturated carbocycles. The predicted molar refractivity (Wildman–Crippen MR) is 60.4 cm³/mol. The molecule has 74 valence electrons. The Labute approximate surface area is 89.2 Å². The molecule has 0 aliphatic rings. The van der Waals surface area contributed by atoms with Crippen molar-refractivity contribution in [2.45, 2.75) is 13.8 Å². The summed E-state index contributed by atoms with van der Waals surface area (Å²) in [5.41, 5.74) is 5.28. The quantitative estimate of drug-likeness (QED) is 0.747. The molecule has 1 aromatic carbocycles. The average molecular weight is 196 g/mol. The number of hydrogen-bond acceptors (Lipinski definition) is 1. The van der Waals surface area contributed by atoms with Crippen LogP contribution < -0.4 is 0 Å². The van der Waals surface area contributed by atoms with Crippen LogP contribution in [0.3, 0.4) is 0 Å². The SMILES string of the molecule is Cc1ccc(-c2c[nH]cc2C#N)cc1C. The van der Waals surface area contributed by atoms with Gasteiger partial charge >= 0.3 is 0 Å². The van der Waals surface area contributed by atoms with E-state index >= 15 is 0 Å². The molecule has 2 rings (SSSR count). The highest BCUT2D eigenvalue weighted by Gasteiger charge is 2.05. The van der Waals surface area contributed by atoms with Gasteiger partial charge in [-0.2, -0.15) is 5.26 Å². The fourth-order valence-electron chi connectivity index (χ4n) is 1.60. The molecule has 1 aromatic heterocycles. The molecule has 0 aliphatic heterocycles. The van der Waals surface area contributed by atoms with Gasteiger partial charge in [0.05, 0.1) is 5.56 Å². The monoisotopic (exact) mass is 196 g/mol. The standard InChI is InChI=1S/C13H12N2/c1-9-3-4-11(5-10(9)2)13-8-15-7-12(13)6-14/h3-5,7-8,15H,1-2H3. The van der Waals surface area contributed by atoms with Crippen LogP contribution in [0.2, 0.25) is 0 Å². The van der Waals surface area contributed by atoms with E-state index in [1.165, 1.54) is 11.1 Å². The van der Waals surface area contributed by atoms with Gasteiger partial charge in [-0.1, -0.05) is 18.2 Å². The van der Waals surface area contributed by atoms with E-state index in [0.717, 1.165) is 11.1 Å². The summed E-state index contributed by atoms with van der Waals surface area (Å²) < 4.78 is 0. The van der Waals surface area contributed by atoms with Crippen LogP contribution in [0.25, 0.3) is 11.1 Å². The number of aryl methyl sites for hydroxylation is 2. The van der Waals surface area contributed by atoms with Crippen molar-refractivity contribution in [3.63, 3.8) is 0 Å². The molecule has 0 radical (unpaired) electrons. The molecule has 0 aliphatic carbocycles. The van der Waals surface area contributed by atoms with Gasteiger partial charge in [-0.25, -0.2) is 0 Å². The number of nitrogens with one attached hydrogen (secondary N) is 1. The van der Waals surface area contributed by atoms with Crippen molar-refractivity contribution in [2.75, 3.05) is 0 Å². The average Bonchev–Trinajstić information content (AvgIpc) is 2.70. The largest absolute Gasteiger partial charge is 0.366 e. The Morgan fingerprint density at radius 3 is 2.60 bits per heavy atom. The second kappa shape index (κ2) is 3.62. The lowest BCUT2D eigenvalue weighted by Gasteiger charge is -2.03. The van der Waals surface area contributed by atoms with Crippen molar-refractivity contribution in [1.82, 2.24) is 4.98 Å². The normalized spacial score (nSPS) is 9.93. The first-order chi connectivity index (χ1) is 7.22. The number of nitriles is 1. The van der Waals surface area contributed by atoms with Crippen molar-refractivity contribution < 1.29 is 0 Å². The molecule has 0 fully saturated rings.